The molecule has 2 aromatic rings. The maximum atomic E-state index is 12.3. The lowest BCUT2D eigenvalue weighted by Gasteiger charge is -2.26. The minimum atomic E-state index is -0.537. The van der Waals surface area contributed by atoms with Gasteiger partial charge in [0, 0.05) is 19.3 Å². The zero-order valence-electron chi connectivity index (χ0n) is 16.0. The van der Waals surface area contributed by atoms with E-state index in [1.165, 1.54) is 5.56 Å². The number of carbonyl (C=O) groups is 1. The number of nitrogens with zero attached hydrogens (tertiary/aromatic N) is 1. The number of amides is 1. The Bertz CT molecular complexity index is 766. The van der Waals surface area contributed by atoms with Crippen molar-refractivity contribution in [3.63, 3.8) is 0 Å². The number of halogens is 2. The summed E-state index contributed by atoms with van der Waals surface area (Å²) in [6, 6.07) is 8.84. The van der Waals surface area contributed by atoms with E-state index in [0.29, 0.717) is 24.8 Å². The van der Waals surface area contributed by atoms with E-state index >= 15 is 0 Å². The van der Waals surface area contributed by atoms with Crippen molar-refractivity contribution in [2.75, 3.05) is 18.5 Å². The Labute approximate surface area is 178 Å². The van der Waals surface area contributed by atoms with Crippen LogP contribution in [0.15, 0.2) is 36.5 Å². The minimum absolute atomic E-state index is 0. The summed E-state index contributed by atoms with van der Waals surface area (Å²) in [6.45, 7) is 5.42. The van der Waals surface area contributed by atoms with Crippen LogP contribution in [0.25, 0.3) is 0 Å². The smallest absolute Gasteiger partial charge is 0.241 e. The van der Waals surface area contributed by atoms with Crippen LogP contribution < -0.4 is 15.8 Å². The van der Waals surface area contributed by atoms with Crippen LogP contribution in [0.5, 0.6) is 11.6 Å². The van der Waals surface area contributed by atoms with Gasteiger partial charge in [0.15, 0.2) is 0 Å². The summed E-state index contributed by atoms with van der Waals surface area (Å²) in [7, 11) is 0. The highest BCUT2D eigenvalue weighted by molar-refractivity contribution is 5.94. The minimum Gasteiger partial charge on any atom is -0.439 e. The van der Waals surface area contributed by atoms with Crippen molar-refractivity contribution in [1.82, 2.24) is 4.98 Å². The van der Waals surface area contributed by atoms with Gasteiger partial charge >= 0.3 is 0 Å². The molecule has 0 spiro atoms. The number of ether oxygens (including phenoxy) is 2. The molecule has 1 aromatic heterocycles. The van der Waals surface area contributed by atoms with E-state index in [-0.39, 0.29) is 36.6 Å². The number of anilines is 1. The second kappa shape index (κ2) is 11.2. The molecular formula is C20H27Cl2N3O3. The van der Waals surface area contributed by atoms with Crippen LogP contribution in [0.3, 0.4) is 0 Å². The number of nitrogens with one attached hydrogen (secondary N) is 1. The number of hydrogen-bond acceptors (Lipinski definition) is 5. The average Bonchev–Trinajstić information content (AvgIpc) is 2.66. The fourth-order valence-corrected chi connectivity index (χ4v) is 2.93. The van der Waals surface area contributed by atoms with Gasteiger partial charge in [-0.25, -0.2) is 4.98 Å². The molecule has 1 amide bonds. The van der Waals surface area contributed by atoms with Gasteiger partial charge in [-0.15, -0.1) is 24.8 Å². The molecule has 1 saturated heterocycles. The van der Waals surface area contributed by atoms with Crippen LogP contribution in [0, 0.1) is 19.8 Å². The zero-order chi connectivity index (χ0) is 18.5. The summed E-state index contributed by atoms with van der Waals surface area (Å²) in [5.41, 5.74) is 9.06. The SMILES string of the molecule is Cc1ccc(Oc2ccc(NC(=O)C(N)C3CCOCC3)cn2)cc1C.Cl.Cl. The molecule has 154 valence electrons. The standard InChI is InChI=1S/C20H25N3O3.2ClH/c1-13-3-5-17(11-14(13)2)26-18-6-4-16(12-22-18)23-20(24)19(21)15-7-9-25-10-8-15;;/h3-6,11-12,15,19H,7-10,21H2,1-2H3,(H,23,24);2*1H. The second-order valence-electron chi connectivity index (χ2n) is 6.70. The fraction of sp³-hybridized carbons (Fsp3) is 0.400. The number of pyridine rings is 1. The second-order valence-corrected chi connectivity index (χ2v) is 6.70. The summed E-state index contributed by atoms with van der Waals surface area (Å²) in [5, 5.41) is 2.82. The van der Waals surface area contributed by atoms with Crippen molar-refractivity contribution in [1.29, 1.82) is 0 Å². The highest BCUT2D eigenvalue weighted by atomic mass is 35.5. The van der Waals surface area contributed by atoms with Crippen LogP contribution in [-0.4, -0.2) is 30.1 Å². The van der Waals surface area contributed by atoms with Gasteiger partial charge in [-0.1, -0.05) is 6.07 Å². The number of aromatic nitrogens is 1. The number of benzene rings is 1. The molecular weight excluding hydrogens is 401 g/mol. The van der Waals surface area contributed by atoms with Gasteiger partial charge in [0.25, 0.3) is 0 Å². The molecule has 0 bridgehead atoms. The topological polar surface area (TPSA) is 86.5 Å². The fourth-order valence-electron chi connectivity index (χ4n) is 2.93. The molecule has 1 unspecified atom stereocenters. The molecule has 3 N–H and O–H groups in total. The average molecular weight is 428 g/mol. The Morgan fingerprint density at radius 3 is 2.50 bits per heavy atom. The lowest BCUT2D eigenvalue weighted by atomic mass is 9.92. The maximum Gasteiger partial charge on any atom is 0.241 e. The van der Waals surface area contributed by atoms with E-state index in [2.05, 4.69) is 17.2 Å². The van der Waals surface area contributed by atoms with E-state index in [0.717, 1.165) is 24.2 Å². The first-order valence-electron chi connectivity index (χ1n) is 8.88. The Morgan fingerprint density at radius 2 is 1.89 bits per heavy atom. The van der Waals surface area contributed by atoms with Crippen LogP contribution >= 0.6 is 24.8 Å². The number of carbonyl (C=O) groups excluding carboxylic acids is 1. The van der Waals surface area contributed by atoms with Gasteiger partial charge in [-0.05, 0) is 61.9 Å². The van der Waals surface area contributed by atoms with Crippen LogP contribution in [0.4, 0.5) is 5.69 Å². The highest BCUT2D eigenvalue weighted by Crippen LogP contribution is 2.23. The zero-order valence-corrected chi connectivity index (χ0v) is 17.6. The first kappa shape index (κ1) is 24.2. The molecule has 3 rings (SSSR count). The molecule has 0 radical (unpaired) electrons. The Balaban J connectivity index is 0.00000196. The summed E-state index contributed by atoms with van der Waals surface area (Å²) >= 11 is 0. The number of nitrogens with two attached hydrogens (primary N) is 1. The molecule has 1 aliphatic rings. The van der Waals surface area contributed by atoms with Crippen molar-refractivity contribution < 1.29 is 14.3 Å². The highest BCUT2D eigenvalue weighted by Gasteiger charge is 2.26. The predicted octanol–water partition coefficient (Wildman–Crippen LogP) is 4.03. The van der Waals surface area contributed by atoms with Crippen molar-refractivity contribution in [3.05, 3.63) is 47.7 Å². The van der Waals surface area contributed by atoms with E-state index in [9.17, 15) is 4.79 Å². The molecule has 8 heteroatoms. The Kier molecular flexibility index (Phi) is 9.69. The largest absolute Gasteiger partial charge is 0.439 e. The molecule has 2 heterocycles. The van der Waals surface area contributed by atoms with Crippen LogP contribution in [0.1, 0.15) is 24.0 Å². The first-order chi connectivity index (χ1) is 12.5. The molecule has 1 atom stereocenters. The van der Waals surface area contributed by atoms with Gasteiger partial charge in [0.05, 0.1) is 17.9 Å². The summed E-state index contributed by atoms with van der Waals surface area (Å²) in [6.07, 6.45) is 3.20. The molecule has 1 fully saturated rings. The Morgan fingerprint density at radius 1 is 1.18 bits per heavy atom. The van der Waals surface area contributed by atoms with E-state index in [1.54, 1.807) is 18.3 Å². The first-order valence-corrected chi connectivity index (χ1v) is 8.88. The molecule has 28 heavy (non-hydrogen) atoms. The van der Waals surface area contributed by atoms with E-state index in [1.807, 2.05) is 25.1 Å². The quantitative estimate of drug-likeness (QED) is 0.751. The van der Waals surface area contributed by atoms with E-state index in [4.69, 9.17) is 15.2 Å². The molecule has 0 aliphatic carbocycles. The molecule has 1 aliphatic heterocycles. The third-order valence-corrected chi connectivity index (χ3v) is 4.78. The number of aryl methyl sites for hydroxylation is 2. The molecule has 6 nitrogen and oxygen atoms in total. The lowest BCUT2D eigenvalue weighted by Crippen LogP contribution is -2.44. The maximum absolute atomic E-state index is 12.3. The monoisotopic (exact) mass is 427 g/mol. The van der Waals surface area contributed by atoms with Gasteiger partial charge in [0.2, 0.25) is 11.8 Å². The summed E-state index contributed by atoms with van der Waals surface area (Å²) in [4.78, 5) is 16.6. The third kappa shape index (κ3) is 6.34. The summed E-state index contributed by atoms with van der Waals surface area (Å²) in [5.74, 6) is 1.17. The normalized spacial score (nSPS) is 15.0. The molecule has 1 aromatic carbocycles. The lowest BCUT2D eigenvalue weighted by molar-refractivity contribution is -0.119. The number of hydrogen-bond donors (Lipinski definition) is 2. The van der Waals surface area contributed by atoms with Gasteiger partial charge in [0.1, 0.15) is 5.75 Å². The predicted molar refractivity (Wildman–Crippen MR) is 115 cm³/mol. The van der Waals surface area contributed by atoms with Gasteiger partial charge < -0.3 is 20.5 Å². The summed E-state index contributed by atoms with van der Waals surface area (Å²) < 4.78 is 11.1. The molecule has 0 saturated carbocycles. The van der Waals surface area contributed by atoms with Crippen LogP contribution in [0.2, 0.25) is 0 Å². The van der Waals surface area contributed by atoms with Crippen molar-refractivity contribution in [2.45, 2.75) is 32.7 Å². The Hall–Kier alpha value is -1.86. The van der Waals surface area contributed by atoms with Crippen molar-refractivity contribution >= 4 is 36.4 Å². The van der Waals surface area contributed by atoms with Crippen molar-refractivity contribution in [3.8, 4) is 11.6 Å². The number of rotatable bonds is 5. The third-order valence-electron chi connectivity index (χ3n) is 4.78. The van der Waals surface area contributed by atoms with Crippen LogP contribution in [-0.2, 0) is 9.53 Å². The van der Waals surface area contributed by atoms with Gasteiger partial charge in [-0.3, -0.25) is 4.79 Å². The van der Waals surface area contributed by atoms with E-state index < -0.39 is 6.04 Å². The van der Waals surface area contributed by atoms with Gasteiger partial charge in [-0.2, -0.15) is 0 Å². The van der Waals surface area contributed by atoms with Crippen molar-refractivity contribution in [2.24, 2.45) is 11.7 Å².